The molecule has 4 rings (SSSR count). The molecule has 0 saturated carbocycles. The number of nitrogens with zero attached hydrogens (tertiary/aromatic N) is 5. The summed E-state index contributed by atoms with van der Waals surface area (Å²) in [5.74, 6) is -0.00172. The zero-order chi connectivity index (χ0) is 22.7. The average molecular weight is 437 g/mol. The second-order valence-corrected chi connectivity index (χ2v) is 8.34. The number of rotatable bonds is 5. The Balaban J connectivity index is 1.74. The highest BCUT2D eigenvalue weighted by Crippen LogP contribution is 2.22. The molecule has 2 aromatic rings. The lowest BCUT2D eigenvalue weighted by Crippen LogP contribution is -2.45. The minimum atomic E-state index is -0.513. The molecular weight excluding hydrogens is 408 g/mol. The van der Waals surface area contributed by atoms with Crippen molar-refractivity contribution in [3.8, 4) is 6.07 Å². The van der Waals surface area contributed by atoms with Crippen LogP contribution in [0.15, 0.2) is 28.7 Å². The lowest BCUT2D eigenvalue weighted by atomic mass is 10.1. The fourth-order valence-corrected chi connectivity index (χ4v) is 4.09. The number of carbonyl (C=O) groups excluding carboxylic acids is 1. The number of fused-ring (bicyclic) bond motifs is 1. The number of piperazine rings is 1. The zero-order valence-corrected chi connectivity index (χ0v) is 18.5. The predicted molar refractivity (Wildman–Crippen MR) is 121 cm³/mol. The number of aryl methyl sites for hydroxylation is 1. The van der Waals surface area contributed by atoms with Gasteiger partial charge in [-0.2, -0.15) is 5.26 Å². The van der Waals surface area contributed by atoms with Gasteiger partial charge in [0.15, 0.2) is 0 Å². The van der Waals surface area contributed by atoms with Crippen molar-refractivity contribution in [3.63, 3.8) is 0 Å². The number of nitrogens with one attached hydrogen (secondary N) is 1. The Morgan fingerprint density at radius 2 is 2.16 bits per heavy atom. The topological polar surface area (TPSA) is 103 Å². The van der Waals surface area contributed by atoms with Crippen LogP contribution < -0.4 is 15.8 Å². The van der Waals surface area contributed by atoms with Gasteiger partial charge in [-0.3, -0.25) is 14.0 Å². The van der Waals surface area contributed by atoms with E-state index in [1.54, 1.807) is 12.3 Å². The van der Waals surface area contributed by atoms with E-state index in [9.17, 15) is 14.9 Å². The van der Waals surface area contributed by atoms with E-state index in [1.165, 1.54) is 10.5 Å². The summed E-state index contributed by atoms with van der Waals surface area (Å²) >= 11 is 0. The Labute approximate surface area is 186 Å². The van der Waals surface area contributed by atoms with Crippen molar-refractivity contribution >= 4 is 23.4 Å². The summed E-state index contributed by atoms with van der Waals surface area (Å²) in [5.41, 5.74) is 1.29. The van der Waals surface area contributed by atoms with E-state index in [1.807, 2.05) is 19.1 Å². The van der Waals surface area contributed by atoms with E-state index in [0.717, 1.165) is 31.5 Å². The maximum absolute atomic E-state index is 13.4. The summed E-state index contributed by atoms with van der Waals surface area (Å²) in [6.45, 7) is 6.03. The molecule has 168 valence electrons. The average Bonchev–Trinajstić information content (AvgIpc) is 3.32. The van der Waals surface area contributed by atoms with Crippen molar-refractivity contribution in [2.75, 3.05) is 51.3 Å². The summed E-state index contributed by atoms with van der Waals surface area (Å²) in [6.07, 6.45) is 4.86. The van der Waals surface area contributed by atoms with E-state index in [0.29, 0.717) is 37.7 Å². The van der Waals surface area contributed by atoms with Gasteiger partial charge in [-0.25, -0.2) is 4.98 Å². The summed E-state index contributed by atoms with van der Waals surface area (Å²) < 4.78 is 7.00. The second kappa shape index (κ2) is 9.51. The number of aromatic nitrogens is 2. The van der Waals surface area contributed by atoms with Crippen LogP contribution in [-0.4, -0.2) is 72.7 Å². The van der Waals surface area contributed by atoms with Crippen LogP contribution in [-0.2, 0) is 9.53 Å². The third kappa shape index (κ3) is 4.52. The first-order valence-electron chi connectivity index (χ1n) is 10.9. The van der Waals surface area contributed by atoms with Crippen LogP contribution in [0.1, 0.15) is 24.0 Å². The third-order valence-corrected chi connectivity index (χ3v) is 6.04. The van der Waals surface area contributed by atoms with Crippen LogP contribution >= 0.6 is 0 Å². The standard InChI is InChI=1S/C23H28N6O3/c1-16-5-3-7-29-20(16)26-21(28-10-8-27(2)9-11-28)19(23(29)31)13-17(14-24)22(30)25-15-18-6-4-12-32-18/h3,5,7,13,18H,4,6,8-12,15H2,1-2H3,(H,25,30). The van der Waals surface area contributed by atoms with Crippen molar-refractivity contribution < 1.29 is 9.53 Å². The van der Waals surface area contributed by atoms with E-state index in [-0.39, 0.29) is 22.8 Å². The molecule has 1 amide bonds. The number of hydrogen-bond donors (Lipinski definition) is 1. The molecule has 2 aliphatic rings. The molecular formula is C23H28N6O3. The fourth-order valence-electron chi connectivity index (χ4n) is 4.09. The number of nitriles is 1. The SMILES string of the molecule is Cc1cccn2c(=O)c(C=C(C#N)C(=O)NCC3CCCO3)c(N3CCN(C)CC3)nc12. The van der Waals surface area contributed by atoms with Gasteiger partial charge in [0.1, 0.15) is 23.1 Å². The first-order valence-corrected chi connectivity index (χ1v) is 10.9. The van der Waals surface area contributed by atoms with Crippen molar-refractivity contribution in [3.05, 3.63) is 45.4 Å². The minimum absolute atomic E-state index is 0.0317. The summed E-state index contributed by atoms with van der Waals surface area (Å²) in [4.78, 5) is 35.2. The number of ether oxygens (including phenoxy) is 1. The molecule has 2 saturated heterocycles. The highest BCUT2D eigenvalue weighted by atomic mass is 16.5. The monoisotopic (exact) mass is 436 g/mol. The number of carbonyl (C=O) groups is 1. The second-order valence-electron chi connectivity index (χ2n) is 8.34. The van der Waals surface area contributed by atoms with Gasteiger partial charge < -0.3 is 19.9 Å². The van der Waals surface area contributed by atoms with Gasteiger partial charge in [-0.15, -0.1) is 0 Å². The van der Waals surface area contributed by atoms with Gasteiger partial charge in [-0.05, 0) is 44.5 Å². The van der Waals surface area contributed by atoms with Crippen LogP contribution in [0, 0.1) is 18.3 Å². The van der Waals surface area contributed by atoms with Gasteiger partial charge in [0.25, 0.3) is 11.5 Å². The van der Waals surface area contributed by atoms with Crippen molar-refractivity contribution in [1.29, 1.82) is 5.26 Å². The van der Waals surface area contributed by atoms with Crippen molar-refractivity contribution in [1.82, 2.24) is 19.6 Å². The van der Waals surface area contributed by atoms with Crippen LogP contribution in [0.25, 0.3) is 11.7 Å². The molecule has 1 unspecified atom stereocenters. The molecule has 2 fully saturated rings. The largest absolute Gasteiger partial charge is 0.376 e. The highest BCUT2D eigenvalue weighted by Gasteiger charge is 2.23. The maximum Gasteiger partial charge on any atom is 0.267 e. The normalized spacial score (nSPS) is 19.8. The molecule has 0 radical (unpaired) electrons. The minimum Gasteiger partial charge on any atom is -0.376 e. The van der Waals surface area contributed by atoms with Gasteiger partial charge in [0.2, 0.25) is 0 Å². The van der Waals surface area contributed by atoms with E-state index < -0.39 is 5.91 Å². The van der Waals surface area contributed by atoms with E-state index in [4.69, 9.17) is 9.72 Å². The number of likely N-dealkylation sites (N-methyl/N-ethyl adjacent to an activating group) is 1. The summed E-state index contributed by atoms with van der Waals surface area (Å²) in [5, 5.41) is 12.4. The number of amides is 1. The van der Waals surface area contributed by atoms with Gasteiger partial charge in [-0.1, -0.05) is 6.07 Å². The highest BCUT2D eigenvalue weighted by molar-refractivity contribution is 6.02. The molecule has 0 aliphatic carbocycles. The molecule has 0 spiro atoms. The van der Waals surface area contributed by atoms with E-state index >= 15 is 0 Å². The molecule has 2 aromatic heterocycles. The van der Waals surface area contributed by atoms with Crippen molar-refractivity contribution in [2.45, 2.75) is 25.9 Å². The molecule has 32 heavy (non-hydrogen) atoms. The lowest BCUT2D eigenvalue weighted by Gasteiger charge is -2.34. The fraction of sp³-hybridized carbons (Fsp3) is 0.478. The molecule has 9 heteroatoms. The number of pyridine rings is 1. The molecule has 1 atom stereocenters. The van der Waals surface area contributed by atoms with Crippen LogP contribution in [0.3, 0.4) is 0 Å². The van der Waals surface area contributed by atoms with Gasteiger partial charge >= 0.3 is 0 Å². The summed E-state index contributed by atoms with van der Waals surface area (Å²) in [6, 6.07) is 5.65. The molecule has 0 bridgehead atoms. The zero-order valence-electron chi connectivity index (χ0n) is 18.5. The Morgan fingerprint density at radius 1 is 1.38 bits per heavy atom. The smallest absolute Gasteiger partial charge is 0.267 e. The Hall–Kier alpha value is -3.22. The first kappa shape index (κ1) is 22.0. The van der Waals surface area contributed by atoms with E-state index in [2.05, 4.69) is 22.2 Å². The van der Waals surface area contributed by atoms with Gasteiger partial charge in [0.05, 0.1) is 11.7 Å². The van der Waals surface area contributed by atoms with Crippen LogP contribution in [0.2, 0.25) is 0 Å². The first-order chi connectivity index (χ1) is 15.5. The number of hydrogen-bond acceptors (Lipinski definition) is 7. The molecule has 4 heterocycles. The van der Waals surface area contributed by atoms with Crippen molar-refractivity contribution in [2.24, 2.45) is 0 Å². The lowest BCUT2D eigenvalue weighted by molar-refractivity contribution is -0.117. The Morgan fingerprint density at radius 3 is 2.84 bits per heavy atom. The number of anilines is 1. The molecule has 2 aliphatic heterocycles. The summed E-state index contributed by atoms with van der Waals surface area (Å²) in [7, 11) is 2.05. The Bertz CT molecular complexity index is 1130. The molecule has 1 N–H and O–H groups in total. The quantitative estimate of drug-likeness (QED) is 0.550. The van der Waals surface area contributed by atoms with Crippen LogP contribution in [0.5, 0.6) is 0 Å². The third-order valence-electron chi connectivity index (χ3n) is 6.04. The maximum atomic E-state index is 13.4. The predicted octanol–water partition coefficient (Wildman–Crippen LogP) is 0.957. The molecule has 9 nitrogen and oxygen atoms in total. The molecule has 0 aromatic carbocycles. The Kier molecular flexibility index (Phi) is 6.53. The van der Waals surface area contributed by atoms with Crippen LogP contribution in [0.4, 0.5) is 5.82 Å². The van der Waals surface area contributed by atoms with Gasteiger partial charge in [0, 0.05) is 45.5 Å².